The van der Waals surface area contributed by atoms with Gasteiger partial charge in [0.05, 0.1) is 18.1 Å². The molecule has 2 aromatic carbocycles. The third-order valence-corrected chi connectivity index (χ3v) is 5.79. The number of aromatic hydroxyl groups is 2. The summed E-state index contributed by atoms with van der Waals surface area (Å²) in [4.78, 5) is 25.7. The lowest BCUT2D eigenvalue weighted by atomic mass is 9.92. The van der Waals surface area contributed by atoms with Gasteiger partial charge in [-0.15, -0.1) is 0 Å². The minimum atomic E-state index is -0.813. The Balaban J connectivity index is 1.78. The molecule has 1 saturated heterocycles. The van der Waals surface area contributed by atoms with Crippen LogP contribution in [-0.2, 0) is 14.3 Å². The summed E-state index contributed by atoms with van der Waals surface area (Å²) in [5.41, 5.74) is 0.980. The van der Waals surface area contributed by atoms with Crippen LogP contribution in [-0.4, -0.2) is 47.4 Å². The highest BCUT2D eigenvalue weighted by Crippen LogP contribution is 2.29. The molecule has 0 spiro atoms. The average molecular weight is 479 g/mol. The first-order valence-electron chi connectivity index (χ1n) is 11.3. The van der Waals surface area contributed by atoms with Crippen LogP contribution in [0.2, 0.25) is 0 Å². The summed E-state index contributed by atoms with van der Waals surface area (Å²) in [6.45, 7) is 5.54. The number of phenolic OH excluding ortho intramolecular Hbond substituents is 2. The summed E-state index contributed by atoms with van der Waals surface area (Å²) in [7, 11) is 1.55. The van der Waals surface area contributed by atoms with Gasteiger partial charge in [-0.25, -0.2) is 4.79 Å². The highest BCUT2D eigenvalue weighted by molar-refractivity contribution is 5.99. The fraction of sp³-hybridized carbons (Fsp3) is 0.286. The number of hydrogen-bond acceptors (Lipinski definition) is 7. The van der Waals surface area contributed by atoms with Crippen molar-refractivity contribution in [2.45, 2.75) is 39.1 Å². The van der Waals surface area contributed by atoms with E-state index in [4.69, 9.17) is 14.2 Å². The second-order valence-corrected chi connectivity index (χ2v) is 8.33. The Bertz CT molecular complexity index is 1160. The number of carbonyl (C=O) groups excluding carboxylic acids is 2. The first kappa shape index (κ1) is 25.9. The lowest BCUT2D eigenvalue weighted by Crippen LogP contribution is -2.26. The van der Waals surface area contributed by atoms with Gasteiger partial charge in [0, 0.05) is 7.11 Å². The van der Waals surface area contributed by atoms with E-state index in [1.165, 1.54) is 18.2 Å². The lowest BCUT2D eigenvalue weighted by molar-refractivity contribution is -0.121. The molecule has 184 valence electrons. The summed E-state index contributed by atoms with van der Waals surface area (Å²) in [5.74, 6) is -1.84. The number of allylic oxidation sites excluding steroid dienone is 3. The normalized spacial score (nSPS) is 19.6. The quantitative estimate of drug-likeness (QED) is 0.165. The van der Waals surface area contributed by atoms with Gasteiger partial charge in [0.2, 0.25) is 0 Å². The molecule has 4 unspecified atom stereocenters. The Labute approximate surface area is 205 Å². The van der Waals surface area contributed by atoms with Crippen molar-refractivity contribution in [2.75, 3.05) is 7.11 Å². The van der Waals surface area contributed by atoms with E-state index in [9.17, 15) is 19.8 Å². The van der Waals surface area contributed by atoms with Gasteiger partial charge >= 0.3 is 5.97 Å². The SMILES string of the molecule is COC(C)C(C=CC=Cc1cccc(O)c1C(=O)Oc1ccccc1O)C(=O)C(C)=CC1OC1C. The van der Waals surface area contributed by atoms with E-state index in [1.807, 2.05) is 19.9 Å². The van der Waals surface area contributed by atoms with Gasteiger partial charge in [0.15, 0.2) is 17.3 Å². The van der Waals surface area contributed by atoms with Crippen LogP contribution in [0.25, 0.3) is 6.08 Å². The van der Waals surface area contributed by atoms with Gasteiger partial charge in [-0.3, -0.25) is 4.79 Å². The largest absolute Gasteiger partial charge is 0.507 e. The number of carbonyl (C=O) groups is 2. The maximum atomic E-state index is 13.0. The number of rotatable bonds is 10. The van der Waals surface area contributed by atoms with E-state index in [0.29, 0.717) is 11.1 Å². The topological polar surface area (TPSA) is 106 Å². The molecule has 1 aliphatic rings. The summed E-state index contributed by atoms with van der Waals surface area (Å²) < 4.78 is 16.0. The fourth-order valence-electron chi connectivity index (χ4n) is 3.53. The Hall–Kier alpha value is -3.68. The summed E-state index contributed by atoms with van der Waals surface area (Å²) in [6, 6.07) is 10.7. The number of para-hydroxylation sites is 2. The highest BCUT2D eigenvalue weighted by Gasteiger charge is 2.33. The van der Waals surface area contributed by atoms with Crippen molar-refractivity contribution in [3.05, 3.63) is 83.5 Å². The molecular formula is C28H30O7. The van der Waals surface area contributed by atoms with E-state index < -0.39 is 11.9 Å². The number of esters is 1. The fourth-order valence-corrected chi connectivity index (χ4v) is 3.53. The number of methoxy groups -OCH3 is 1. The third-order valence-electron chi connectivity index (χ3n) is 5.79. The van der Waals surface area contributed by atoms with Crippen molar-refractivity contribution in [1.29, 1.82) is 0 Å². The molecule has 35 heavy (non-hydrogen) atoms. The van der Waals surface area contributed by atoms with Gasteiger partial charge in [-0.2, -0.15) is 0 Å². The number of epoxide rings is 1. The summed E-state index contributed by atoms with van der Waals surface area (Å²) in [6.07, 6.45) is 8.32. The maximum absolute atomic E-state index is 13.0. The summed E-state index contributed by atoms with van der Waals surface area (Å²) in [5, 5.41) is 20.2. The molecule has 1 aliphatic heterocycles. The van der Waals surface area contributed by atoms with Crippen LogP contribution in [0.4, 0.5) is 0 Å². The molecule has 7 nitrogen and oxygen atoms in total. The molecule has 3 rings (SSSR count). The van der Waals surface area contributed by atoms with Crippen molar-refractivity contribution in [3.63, 3.8) is 0 Å². The zero-order chi connectivity index (χ0) is 25.5. The Kier molecular flexibility index (Phi) is 8.63. The van der Waals surface area contributed by atoms with Crippen LogP contribution >= 0.6 is 0 Å². The van der Waals surface area contributed by atoms with Crippen molar-refractivity contribution in [1.82, 2.24) is 0 Å². The number of hydrogen-bond donors (Lipinski definition) is 2. The molecule has 1 heterocycles. The zero-order valence-electron chi connectivity index (χ0n) is 20.2. The van der Waals surface area contributed by atoms with E-state index in [-0.39, 0.29) is 46.9 Å². The number of phenols is 2. The molecule has 7 heteroatoms. The van der Waals surface area contributed by atoms with Crippen LogP contribution in [0.15, 0.2) is 72.3 Å². The Morgan fingerprint density at radius 2 is 1.74 bits per heavy atom. The van der Waals surface area contributed by atoms with Crippen LogP contribution in [0, 0.1) is 5.92 Å². The number of ketones is 1. The second kappa shape index (κ2) is 11.6. The van der Waals surface area contributed by atoms with Gasteiger partial charge in [-0.1, -0.05) is 48.6 Å². The van der Waals surface area contributed by atoms with Crippen molar-refractivity contribution >= 4 is 17.8 Å². The predicted octanol–water partition coefficient (Wildman–Crippen LogP) is 4.84. The minimum absolute atomic E-state index is 0.0140. The number of ether oxygens (including phenoxy) is 3. The maximum Gasteiger partial charge on any atom is 0.348 e. The second-order valence-electron chi connectivity index (χ2n) is 8.33. The van der Waals surface area contributed by atoms with Gasteiger partial charge in [0.25, 0.3) is 0 Å². The molecule has 0 saturated carbocycles. The summed E-state index contributed by atoms with van der Waals surface area (Å²) >= 11 is 0. The molecule has 0 radical (unpaired) electrons. The predicted molar refractivity (Wildman–Crippen MR) is 132 cm³/mol. The Morgan fingerprint density at radius 3 is 2.40 bits per heavy atom. The first-order valence-corrected chi connectivity index (χ1v) is 11.3. The minimum Gasteiger partial charge on any atom is -0.507 e. The van der Waals surface area contributed by atoms with Crippen molar-refractivity contribution in [3.8, 4) is 17.2 Å². The number of Topliss-reactive ketones (excluding diaryl/α,β-unsaturated/α-hetero) is 1. The van der Waals surface area contributed by atoms with Crippen molar-refractivity contribution < 1.29 is 34.0 Å². The molecule has 0 aromatic heterocycles. The average Bonchev–Trinajstić information content (AvgIpc) is 3.53. The van der Waals surface area contributed by atoms with E-state index >= 15 is 0 Å². The molecule has 4 atom stereocenters. The van der Waals surface area contributed by atoms with E-state index in [0.717, 1.165) is 0 Å². The van der Waals surface area contributed by atoms with Crippen LogP contribution in [0.3, 0.4) is 0 Å². The number of benzene rings is 2. The third kappa shape index (κ3) is 6.68. The van der Waals surface area contributed by atoms with Crippen LogP contribution < -0.4 is 4.74 Å². The molecular weight excluding hydrogens is 448 g/mol. The first-order chi connectivity index (χ1) is 16.7. The van der Waals surface area contributed by atoms with Crippen LogP contribution in [0.1, 0.15) is 36.7 Å². The molecule has 1 fully saturated rings. The standard InChI is InChI=1S/C28H30O7/c1-17(16-25-19(3)34-25)27(31)21(18(2)33-4)12-6-5-10-20-11-9-14-23(30)26(20)28(32)35-24-15-8-7-13-22(24)29/h5-16,18-19,21,25,29-30H,1-4H3. The molecule has 0 aliphatic carbocycles. The molecule has 0 bridgehead atoms. The smallest absolute Gasteiger partial charge is 0.348 e. The monoisotopic (exact) mass is 478 g/mol. The van der Waals surface area contributed by atoms with Crippen molar-refractivity contribution in [2.24, 2.45) is 5.92 Å². The lowest BCUT2D eigenvalue weighted by Gasteiger charge is -2.18. The van der Waals surface area contributed by atoms with E-state index in [2.05, 4.69) is 0 Å². The van der Waals surface area contributed by atoms with Crippen LogP contribution in [0.5, 0.6) is 17.2 Å². The van der Waals surface area contributed by atoms with E-state index in [1.54, 1.807) is 62.6 Å². The molecule has 2 aromatic rings. The molecule has 0 amide bonds. The zero-order valence-corrected chi connectivity index (χ0v) is 20.2. The van der Waals surface area contributed by atoms with Gasteiger partial charge < -0.3 is 24.4 Å². The van der Waals surface area contributed by atoms with Gasteiger partial charge in [-0.05, 0) is 56.2 Å². The van der Waals surface area contributed by atoms with Gasteiger partial charge in [0.1, 0.15) is 17.4 Å². The highest BCUT2D eigenvalue weighted by atomic mass is 16.6. The Morgan fingerprint density at radius 1 is 1.06 bits per heavy atom. The molecule has 2 N–H and O–H groups in total.